The van der Waals surface area contributed by atoms with Gasteiger partial charge in [0, 0.05) is 68.5 Å². The summed E-state index contributed by atoms with van der Waals surface area (Å²) in [6.07, 6.45) is 12.7. The van der Waals surface area contributed by atoms with Crippen molar-refractivity contribution in [2.45, 2.75) is 179 Å². The number of cyclic esters (lactones) is 1. The van der Waals surface area contributed by atoms with Gasteiger partial charge in [0.05, 0.1) is 29.8 Å². The molecule has 4 saturated heterocycles. The fourth-order valence-electron chi connectivity index (χ4n) is 11.0. The number of allylic oxidation sites excluding steroid dienone is 2. The summed E-state index contributed by atoms with van der Waals surface area (Å²) >= 11 is 0. The van der Waals surface area contributed by atoms with Gasteiger partial charge in [-0.05, 0) is 95.1 Å². The minimum absolute atomic E-state index is 0.0519. The van der Waals surface area contributed by atoms with Crippen LogP contribution in [-0.4, -0.2) is 70.0 Å². The molecule has 6 heterocycles. The molecule has 4 bridgehead atoms. The Morgan fingerprint density at radius 1 is 0.940 bits per heavy atom. The normalized spacial score (nSPS) is 48.6. The Bertz CT molecular complexity index is 1450. The molecule has 8 heteroatoms. The number of hydrogen-bond donors (Lipinski definition) is 2. The standard InChI is InChI=1S/C42H63NO7/c1-25-9-8-10-37-40(21-28(4)29(5)23-43-37)13-12-33(36-19-27(3)38(45)47-36)30(6)34(40)18-26(2)35(44)20-31-11-14-41(48-31)15-16-42(50-41)24-39(7,46)22-32(17-25)49-42/h18,27-29,31-32,34-36,44,46H,1,8-17,19-24H2,2-7H3/b26-18+. The van der Waals surface area contributed by atoms with E-state index in [1.165, 1.54) is 16.9 Å². The van der Waals surface area contributed by atoms with Crippen LogP contribution in [0.5, 0.6) is 0 Å². The number of carbonyl (C=O) groups excluding carboxylic acids is 1. The van der Waals surface area contributed by atoms with Crippen LogP contribution in [0.25, 0.3) is 0 Å². The second-order valence-corrected chi connectivity index (χ2v) is 18.1. The van der Waals surface area contributed by atoms with Crippen molar-refractivity contribution in [3.63, 3.8) is 0 Å². The lowest BCUT2D eigenvalue weighted by molar-refractivity contribution is -0.353. The smallest absolute Gasteiger partial charge is 0.309 e. The first-order valence-corrected chi connectivity index (χ1v) is 19.9. The van der Waals surface area contributed by atoms with Crippen molar-refractivity contribution in [1.82, 2.24) is 0 Å². The predicted octanol–water partition coefficient (Wildman–Crippen LogP) is 7.91. The highest BCUT2D eigenvalue weighted by Gasteiger charge is 2.59. The zero-order valence-corrected chi connectivity index (χ0v) is 31.6. The molecular weight excluding hydrogens is 630 g/mol. The number of ether oxygens (including phenoxy) is 4. The molecule has 0 aromatic heterocycles. The SMILES string of the molecule is C=C1CCCC2=NCC(C)C(C)CC23CCC(C2CC(C)C(=O)O2)=C(C)C3/C=C(\C)C(O)CC2CCC3(CCC4(CC(C)(O)CC(C1)O4)O3)O2. The van der Waals surface area contributed by atoms with Gasteiger partial charge in [-0.25, -0.2) is 0 Å². The van der Waals surface area contributed by atoms with Gasteiger partial charge < -0.3 is 29.2 Å². The summed E-state index contributed by atoms with van der Waals surface area (Å²) in [7, 11) is 0. The van der Waals surface area contributed by atoms with Crippen LogP contribution in [0.3, 0.4) is 0 Å². The molecule has 1 aliphatic carbocycles. The van der Waals surface area contributed by atoms with Crippen LogP contribution in [0.2, 0.25) is 0 Å². The van der Waals surface area contributed by atoms with Crippen molar-refractivity contribution < 1.29 is 34.0 Å². The third-order valence-electron chi connectivity index (χ3n) is 13.9. The van der Waals surface area contributed by atoms with E-state index in [0.717, 1.165) is 81.9 Å². The number of fused-ring (bicyclic) bond motifs is 2. The van der Waals surface area contributed by atoms with Crippen LogP contribution in [0.1, 0.15) is 138 Å². The molecule has 4 fully saturated rings. The lowest BCUT2D eigenvalue weighted by atomic mass is 9.56. The fraction of sp³-hybridized carbons (Fsp3) is 0.810. The Morgan fingerprint density at radius 3 is 2.46 bits per heavy atom. The summed E-state index contributed by atoms with van der Waals surface area (Å²) in [6, 6.07) is 0. The molecular formula is C42H63NO7. The lowest BCUT2D eigenvalue weighted by Crippen LogP contribution is -2.52. The summed E-state index contributed by atoms with van der Waals surface area (Å²) in [5.41, 5.74) is 4.90. The van der Waals surface area contributed by atoms with Gasteiger partial charge in [-0.15, -0.1) is 0 Å². The molecule has 2 N–H and O–H groups in total. The quantitative estimate of drug-likeness (QED) is 0.212. The summed E-state index contributed by atoms with van der Waals surface area (Å²) < 4.78 is 26.2. The predicted molar refractivity (Wildman–Crippen MR) is 193 cm³/mol. The largest absolute Gasteiger partial charge is 0.458 e. The van der Waals surface area contributed by atoms with Crippen molar-refractivity contribution in [3.05, 3.63) is 34.9 Å². The van der Waals surface area contributed by atoms with Crippen molar-refractivity contribution in [1.29, 1.82) is 0 Å². The van der Waals surface area contributed by atoms with Gasteiger partial charge in [-0.3, -0.25) is 9.79 Å². The topological polar surface area (TPSA) is 107 Å². The zero-order valence-electron chi connectivity index (χ0n) is 31.6. The molecule has 0 radical (unpaired) electrons. The number of carbonyl (C=O) groups is 1. The molecule has 0 aromatic carbocycles. The first-order chi connectivity index (χ1) is 23.6. The molecule has 6 aliphatic heterocycles. The summed E-state index contributed by atoms with van der Waals surface area (Å²) in [4.78, 5) is 18.0. The Labute approximate surface area is 300 Å². The van der Waals surface area contributed by atoms with Crippen LogP contribution in [0, 0.1) is 29.1 Å². The number of rotatable bonds is 1. The molecule has 8 nitrogen and oxygen atoms in total. The van der Waals surface area contributed by atoms with Gasteiger partial charge in [0.25, 0.3) is 0 Å². The Hall–Kier alpha value is -1.84. The highest BCUT2D eigenvalue weighted by molar-refractivity contribution is 5.92. The second kappa shape index (κ2) is 13.5. The number of nitrogens with zero attached hydrogens (tertiary/aromatic N) is 1. The van der Waals surface area contributed by atoms with Crippen LogP contribution in [0.15, 0.2) is 39.9 Å². The van der Waals surface area contributed by atoms with Crippen LogP contribution in [-0.2, 0) is 23.7 Å². The van der Waals surface area contributed by atoms with E-state index >= 15 is 0 Å². The van der Waals surface area contributed by atoms with Gasteiger partial charge in [0.2, 0.25) is 0 Å². The minimum atomic E-state index is -0.895. The van der Waals surface area contributed by atoms with E-state index in [4.69, 9.17) is 23.9 Å². The highest BCUT2D eigenvalue weighted by atomic mass is 16.8. The maximum Gasteiger partial charge on any atom is 0.309 e. The van der Waals surface area contributed by atoms with E-state index in [1.807, 2.05) is 13.8 Å². The van der Waals surface area contributed by atoms with Gasteiger partial charge in [-0.1, -0.05) is 44.6 Å². The third-order valence-corrected chi connectivity index (χ3v) is 13.9. The number of aliphatic hydroxyl groups is 2. The molecule has 0 saturated carbocycles. The lowest BCUT2D eigenvalue weighted by Gasteiger charge is -2.47. The molecule has 12 unspecified atom stereocenters. The van der Waals surface area contributed by atoms with Crippen molar-refractivity contribution in [3.8, 4) is 0 Å². The van der Waals surface area contributed by atoms with E-state index in [1.54, 1.807) is 0 Å². The van der Waals surface area contributed by atoms with Crippen molar-refractivity contribution in [2.24, 2.45) is 34.1 Å². The van der Waals surface area contributed by atoms with E-state index in [0.29, 0.717) is 43.9 Å². The van der Waals surface area contributed by atoms with Crippen LogP contribution < -0.4 is 0 Å². The van der Waals surface area contributed by atoms with Crippen LogP contribution >= 0.6 is 0 Å². The minimum Gasteiger partial charge on any atom is -0.458 e. The molecule has 12 atom stereocenters. The van der Waals surface area contributed by atoms with E-state index < -0.39 is 23.3 Å². The van der Waals surface area contributed by atoms with Crippen molar-refractivity contribution in [2.75, 3.05) is 6.54 Å². The number of esters is 1. The molecule has 7 rings (SSSR count). The molecule has 0 aromatic rings. The average Bonchev–Trinajstić information content (AvgIpc) is 3.67. The summed E-state index contributed by atoms with van der Waals surface area (Å²) in [6.45, 7) is 18.3. The molecule has 278 valence electrons. The monoisotopic (exact) mass is 693 g/mol. The van der Waals surface area contributed by atoms with Gasteiger partial charge in [0.1, 0.15) is 6.10 Å². The molecule has 50 heavy (non-hydrogen) atoms. The average molecular weight is 694 g/mol. The maximum atomic E-state index is 12.6. The molecule has 0 amide bonds. The highest BCUT2D eigenvalue weighted by Crippen LogP contribution is 2.56. The summed E-state index contributed by atoms with van der Waals surface area (Å²) in [5.74, 6) is -0.755. The van der Waals surface area contributed by atoms with Gasteiger partial charge in [0.15, 0.2) is 11.6 Å². The first-order valence-electron chi connectivity index (χ1n) is 19.9. The van der Waals surface area contributed by atoms with Gasteiger partial charge >= 0.3 is 5.97 Å². The molecule has 3 spiro atoms. The van der Waals surface area contributed by atoms with E-state index in [9.17, 15) is 15.0 Å². The Balaban J connectivity index is 1.26. The first kappa shape index (κ1) is 36.5. The van der Waals surface area contributed by atoms with Crippen molar-refractivity contribution >= 4 is 11.7 Å². The van der Waals surface area contributed by atoms with E-state index in [-0.39, 0.29) is 41.5 Å². The maximum absolute atomic E-state index is 12.6. The second-order valence-electron chi connectivity index (χ2n) is 18.1. The fourth-order valence-corrected chi connectivity index (χ4v) is 11.0. The number of aliphatic imine (C=N–C) groups is 1. The van der Waals surface area contributed by atoms with E-state index in [2.05, 4.69) is 40.3 Å². The number of aliphatic hydroxyl groups excluding tert-OH is 1. The zero-order chi connectivity index (χ0) is 35.6. The molecule has 7 aliphatic rings. The Kier molecular flexibility index (Phi) is 9.89. The van der Waals surface area contributed by atoms with Gasteiger partial charge in [-0.2, -0.15) is 0 Å². The summed E-state index contributed by atoms with van der Waals surface area (Å²) in [5, 5.41) is 23.3. The number of hydrogen-bond acceptors (Lipinski definition) is 8. The Morgan fingerprint density at radius 2 is 1.70 bits per heavy atom. The van der Waals surface area contributed by atoms with Crippen LogP contribution in [0.4, 0.5) is 0 Å². The third kappa shape index (κ3) is 6.98.